The number of thioether (sulfide) groups is 1. The fourth-order valence-electron chi connectivity index (χ4n) is 3.24. The summed E-state index contributed by atoms with van der Waals surface area (Å²) in [4.78, 5) is 40.9. The first kappa shape index (κ1) is 22.4. The summed E-state index contributed by atoms with van der Waals surface area (Å²) in [6.07, 6.45) is 1.68. The van der Waals surface area contributed by atoms with Crippen molar-refractivity contribution < 1.29 is 19.1 Å². The number of amides is 3. The van der Waals surface area contributed by atoms with Gasteiger partial charge < -0.3 is 15.0 Å². The van der Waals surface area contributed by atoms with Crippen LogP contribution in [0.25, 0.3) is 6.08 Å². The van der Waals surface area contributed by atoms with Crippen molar-refractivity contribution in [3.05, 3.63) is 59.0 Å². The molecule has 0 bridgehead atoms. The Labute approximate surface area is 186 Å². The average molecular weight is 440 g/mol. The van der Waals surface area contributed by atoms with E-state index < -0.39 is 17.1 Å². The molecule has 162 valence electrons. The quantitative estimate of drug-likeness (QED) is 0.621. The highest BCUT2D eigenvalue weighted by Gasteiger charge is 2.36. The number of benzene rings is 2. The van der Waals surface area contributed by atoms with Crippen LogP contribution in [0.15, 0.2) is 53.4 Å². The lowest BCUT2D eigenvalue weighted by molar-refractivity contribution is -0.127. The first-order valence-corrected chi connectivity index (χ1v) is 10.8. The number of para-hydroxylation sites is 2. The fourth-order valence-corrected chi connectivity index (χ4v) is 4.08. The number of imide groups is 1. The van der Waals surface area contributed by atoms with Gasteiger partial charge in [0.05, 0.1) is 17.7 Å². The number of hydrogen-bond donors (Lipinski definition) is 1. The van der Waals surface area contributed by atoms with Gasteiger partial charge in [0.15, 0.2) is 0 Å². The van der Waals surface area contributed by atoms with Crippen molar-refractivity contribution >= 4 is 46.3 Å². The third kappa shape index (κ3) is 5.27. The van der Waals surface area contributed by atoms with Crippen molar-refractivity contribution in [3.63, 3.8) is 0 Å². The number of carbonyl (C=O) groups is 3. The third-order valence-electron chi connectivity index (χ3n) is 4.88. The van der Waals surface area contributed by atoms with Crippen LogP contribution in [0.1, 0.15) is 19.4 Å². The van der Waals surface area contributed by atoms with Crippen molar-refractivity contribution in [1.82, 2.24) is 4.90 Å². The van der Waals surface area contributed by atoms with Gasteiger partial charge in [-0.3, -0.25) is 19.3 Å². The van der Waals surface area contributed by atoms with E-state index in [-0.39, 0.29) is 6.54 Å². The summed E-state index contributed by atoms with van der Waals surface area (Å²) in [7, 11) is 1.50. The Morgan fingerprint density at radius 3 is 2.42 bits per heavy atom. The molecule has 1 fully saturated rings. The van der Waals surface area contributed by atoms with Gasteiger partial charge in [0.2, 0.25) is 5.91 Å². The Morgan fingerprint density at radius 1 is 1.10 bits per heavy atom. The SMILES string of the molecule is CCN(CC)c1ccc(/C=C2\SC(=O)N(CC(=O)Nc3ccccc3OC)C2=O)cc1. The zero-order valence-corrected chi connectivity index (χ0v) is 18.6. The minimum absolute atomic E-state index is 0.297. The maximum atomic E-state index is 12.7. The molecule has 1 saturated heterocycles. The van der Waals surface area contributed by atoms with Crippen LogP contribution in [0.3, 0.4) is 0 Å². The first-order chi connectivity index (χ1) is 15.0. The minimum atomic E-state index is -0.475. The van der Waals surface area contributed by atoms with Crippen molar-refractivity contribution in [2.45, 2.75) is 13.8 Å². The molecular formula is C23H25N3O4S. The van der Waals surface area contributed by atoms with Gasteiger partial charge in [0, 0.05) is 18.8 Å². The number of methoxy groups -OCH3 is 1. The number of hydrogen-bond acceptors (Lipinski definition) is 6. The summed E-state index contributed by atoms with van der Waals surface area (Å²) in [6, 6.07) is 14.7. The molecule has 7 nitrogen and oxygen atoms in total. The fraction of sp³-hybridized carbons (Fsp3) is 0.261. The van der Waals surface area contributed by atoms with Crippen LogP contribution in [-0.4, -0.2) is 48.7 Å². The van der Waals surface area contributed by atoms with Gasteiger partial charge in [0.25, 0.3) is 11.1 Å². The van der Waals surface area contributed by atoms with Crippen LogP contribution in [0.4, 0.5) is 16.2 Å². The molecule has 8 heteroatoms. The van der Waals surface area contributed by atoms with E-state index in [2.05, 4.69) is 24.1 Å². The van der Waals surface area contributed by atoms with E-state index in [9.17, 15) is 14.4 Å². The van der Waals surface area contributed by atoms with Crippen molar-refractivity contribution in [2.75, 3.05) is 37.0 Å². The topological polar surface area (TPSA) is 79.0 Å². The molecule has 2 aromatic carbocycles. The molecule has 1 N–H and O–H groups in total. The molecule has 0 aliphatic carbocycles. The molecule has 0 unspecified atom stereocenters. The van der Waals surface area contributed by atoms with Gasteiger partial charge in [-0.05, 0) is 61.5 Å². The monoisotopic (exact) mass is 439 g/mol. The molecular weight excluding hydrogens is 414 g/mol. The molecule has 1 aliphatic rings. The van der Waals surface area contributed by atoms with E-state index in [1.807, 2.05) is 24.3 Å². The van der Waals surface area contributed by atoms with Gasteiger partial charge in [-0.2, -0.15) is 0 Å². The number of nitrogens with zero attached hydrogens (tertiary/aromatic N) is 2. The van der Waals surface area contributed by atoms with E-state index in [1.54, 1.807) is 30.3 Å². The average Bonchev–Trinajstić information content (AvgIpc) is 3.03. The minimum Gasteiger partial charge on any atom is -0.495 e. The van der Waals surface area contributed by atoms with Gasteiger partial charge in [0.1, 0.15) is 12.3 Å². The second-order valence-corrected chi connectivity index (χ2v) is 7.77. The first-order valence-electron chi connectivity index (χ1n) is 10.00. The Bertz CT molecular complexity index is 1000. The van der Waals surface area contributed by atoms with E-state index in [0.29, 0.717) is 16.3 Å². The second-order valence-electron chi connectivity index (χ2n) is 6.78. The van der Waals surface area contributed by atoms with Crippen LogP contribution in [0.5, 0.6) is 5.75 Å². The number of nitrogens with one attached hydrogen (secondary N) is 1. The van der Waals surface area contributed by atoms with Gasteiger partial charge in [-0.1, -0.05) is 24.3 Å². The van der Waals surface area contributed by atoms with E-state index in [4.69, 9.17) is 4.74 Å². The normalized spacial score (nSPS) is 14.8. The lowest BCUT2D eigenvalue weighted by Gasteiger charge is -2.20. The van der Waals surface area contributed by atoms with Crippen LogP contribution in [0.2, 0.25) is 0 Å². The molecule has 0 aromatic heterocycles. The third-order valence-corrected chi connectivity index (χ3v) is 5.78. The number of anilines is 2. The maximum absolute atomic E-state index is 12.7. The summed E-state index contributed by atoms with van der Waals surface area (Å²) in [5.74, 6) is -0.451. The Balaban J connectivity index is 1.68. The number of ether oxygens (including phenoxy) is 1. The molecule has 31 heavy (non-hydrogen) atoms. The Hall–Kier alpha value is -3.26. The highest BCUT2D eigenvalue weighted by Crippen LogP contribution is 2.32. The van der Waals surface area contributed by atoms with Crippen LogP contribution in [0, 0.1) is 0 Å². The van der Waals surface area contributed by atoms with Crippen molar-refractivity contribution in [1.29, 1.82) is 0 Å². The molecule has 0 saturated carbocycles. The summed E-state index contributed by atoms with van der Waals surface area (Å²) >= 11 is 0.836. The highest BCUT2D eigenvalue weighted by molar-refractivity contribution is 8.18. The van der Waals surface area contributed by atoms with Crippen LogP contribution < -0.4 is 15.0 Å². The Kier molecular flexibility index (Phi) is 7.36. The van der Waals surface area contributed by atoms with E-state index in [1.165, 1.54) is 7.11 Å². The molecule has 0 radical (unpaired) electrons. The predicted octanol–water partition coefficient (Wildman–Crippen LogP) is 4.22. The number of rotatable bonds is 8. The summed E-state index contributed by atoms with van der Waals surface area (Å²) in [5.41, 5.74) is 2.40. The molecule has 0 spiro atoms. The summed E-state index contributed by atoms with van der Waals surface area (Å²) in [6.45, 7) is 5.65. The molecule has 1 heterocycles. The zero-order valence-electron chi connectivity index (χ0n) is 17.8. The molecule has 3 amide bonds. The highest BCUT2D eigenvalue weighted by atomic mass is 32.2. The smallest absolute Gasteiger partial charge is 0.294 e. The van der Waals surface area contributed by atoms with Crippen molar-refractivity contribution in [3.8, 4) is 5.75 Å². The lowest BCUT2D eigenvalue weighted by atomic mass is 10.1. The maximum Gasteiger partial charge on any atom is 0.294 e. The Morgan fingerprint density at radius 2 is 1.77 bits per heavy atom. The number of carbonyl (C=O) groups excluding carboxylic acids is 3. The van der Waals surface area contributed by atoms with E-state index in [0.717, 1.165) is 41.0 Å². The van der Waals surface area contributed by atoms with Gasteiger partial charge >= 0.3 is 0 Å². The summed E-state index contributed by atoms with van der Waals surface area (Å²) in [5, 5.41) is 2.21. The van der Waals surface area contributed by atoms with Crippen LogP contribution in [-0.2, 0) is 9.59 Å². The predicted molar refractivity (Wildman–Crippen MR) is 124 cm³/mol. The standard InChI is InChI=1S/C23H25N3O4S/c1-4-25(5-2)17-12-10-16(11-13-17)14-20-22(28)26(23(29)31-20)15-21(27)24-18-8-6-7-9-19(18)30-3/h6-14H,4-5,15H2,1-3H3,(H,24,27)/b20-14-. The van der Waals surface area contributed by atoms with Crippen molar-refractivity contribution in [2.24, 2.45) is 0 Å². The molecule has 0 atom stereocenters. The molecule has 2 aromatic rings. The molecule has 1 aliphatic heterocycles. The lowest BCUT2D eigenvalue weighted by Crippen LogP contribution is -2.36. The van der Waals surface area contributed by atoms with Crippen LogP contribution >= 0.6 is 11.8 Å². The second kappa shape index (κ2) is 10.2. The largest absolute Gasteiger partial charge is 0.495 e. The molecule has 3 rings (SSSR count). The summed E-state index contributed by atoms with van der Waals surface area (Å²) < 4.78 is 5.20. The zero-order chi connectivity index (χ0) is 22.4. The van der Waals surface area contributed by atoms with Gasteiger partial charge in [-0.15, -0.1) is 0 Å². The van der Waals surface area contributed by atoms with E-state index >= 15 is 0 Å². The van der Waals surface area contributed by atoms with Gasteiger partial charge in [-0.25, -0.2) is 0 Å².